The molecule has 4 aliphatic rings. The maximum atomic E-state index is 9.27. The average Bonchev–Trinajstić information content (AvgIpc) is 1.50. The van der Waals surface area contributed by atoms with Crippen LogP contribution in [0.15, 0.2) is 22.7 Å². The predicted octanol–water partition coefficient (Wildman–Crippen LogP) is 1.66. The second-order valence-corrected chi connectivity index (χ2v) is 3.32. The van der Waals surface area contributed by atoms with Crippen LogP contribution >= 0.6 is 0 Å². The lowest BCUT2D eigenvalue weighted by atomic mass is 9.45. The summed E-state index contributed by atoms with van der Waals surface area (Å²) in [4.78, 5) is 0. The molecule has 0 saturated heterocycles. The Labute approximate surface area is 58.5 Å². The first kappa shape index (κ1) is 4.83. The number of aliphatic hydroxyl groups is 2. The molecule has 3 fully saturated rings. The summed E-state index contributed by atoms with van der Waals surface area (Å²) in [5.74, 6) is 1.79. The first-order valence-electron chi connectivity index (χ1n) is 3.63. The lowest BCUT2D eigenvalue weighted by Crippen LogP contribution is -2.49. The summed E-state index contributed by atoms with van der Waals surface area (Å²) in [5.41, 5.74) is 2.43. The molecule has 4 aliphatic carbocycles. The molecule has 0 aromatic rings. The Hall–Kier alpha value is -0.920. The van der Waals surface area contributed by atoms with Gasteiger partial charge in [0, 0.05) is 11.8 Å². The van der Waals surface area contributed by atoms with Crippen molar-refractivity contribution >= 4 is 0 Å². The van der Waals surface area contributed by atoms with Crippen molar-refractivity contribution in [2.45, 2.75) is 12.8 Å². The minimum atomic E-state index is 0.400. The molecule has 0 heterocycles. The molecule has 0 spiro atoms. The van der Waals surface area contributed by atoms with Gasteiger partial charge in [-0.3, -0.25) is 0 Å². The molecule has 0 radical (unpaired) electrons. The van der Waals surface area contributed by atoms with Gasteiger partial charge < -0.3 is 10.2 Å². The molecule has 2 heteroatoms. The van der Waals surface area contributed by atoms with Crippen molar-refractivity contribution in [1.29, 1.82) is 0 Å². The Kier molecular flexibility index (Phi) is 0.537. The molecule has 0 aromatic heterocycles. The number of aliphatic hydroxyl groups excluding tert-OH is 2. The maximum Gasteiger partial charge on any atom is 0.100 e. The molecule has 2 N–H and O–H groups in total. The maximum absolute atomic E-state index is 9.27. The molecule has 4 rings (SSSR count). The standard InChI is InChI=1S/C8H8O2/c9-5-2-6(10)8-3-1-4(8)7(3)5/h3-4,9-10H,1-2H2. The van der Waals surface area contributed by atoms with Crippen LogP contribution in [0, 0.1) is 11.8 Å². The van der Waals surface area contributed by atoms with Crippen LogP contribution in [-0.4, -0.2) is 10.2 Å². The lowest BCUT2D eigenvalue weighted by molar-refractivity contribution is 0.167. The number of allylic oxidation sites excluding steroid dienone is 2. The molecule has 0 unspecified atom stereocenters. The van der Waals surface area contributed by atoms with E-state index in [4.69, 9.17) is 0 Å². The van der Waals surface area contributed by atoms with E-state index in [1.54, 1.807) is 0 Å². The van der Waals surface area contributed by atoms with Gasteiger partial charge in [-0.1, -0.05) is 0 Å². The van der Waals surface area contributed by atoms with E-state index in [-0.39, 0.29) is 0 Å². The monoisotopic (exact) mass is 136 g/mol. The molecular formula is C8H8O2. The number of rotatable bonds is 0. The highest BCUT2D eigenvalue weighted by Crippen LogP contribution is 2.67. The van der Waals surface area contributed by atoms with Gasteiger partial charge in [-0.15, -0.1) is 0 Å². The minimum Gasteiger partial charge on any atom is -0.512 e. The van der Waals surface area contributed by atoms with E-state index in [0.29, 0.717) is 29.8 Å². The van der Waals surface area contributed by atoms with Crippen molar-refractivity contribution in [3.63, 3.8) is 0 Å². The van der Waals surface area contributed by atoms with Crippen molar-refractivity contribution < 1.29 is 10.2 Å². The van der Waals surface area contributed by atoms with Gasteiger partial charge in [-0.2, -0.15) is 0 Å². The Bertz CT molecular complexity index is 246. The highest BCUT2D eigenvalue weighted by Gasteiger charge is 2.58. The number of hydrogen-bond acceptors (Lipinski definition) is 2. The fraction of sp³-hybridized carbons (Fsp3) is 0.500. The first-order chi connectivity index (χ1) is 4.79. The number of hydrogen-bond donors (Lipinski definition) is 2. The van der Waals surface area contributed by atoms with E-state index < -0.39 is 0 Å². The largest absolute Gasteiger partial charge is 0.512 e. The third-order valence-corrected chi connectivity index (χ3v) is 2.97. The van der Waals surface area contributed by atoms with E-state index in [0.717, 1.165) is 0 Å². The smallest absolute Gasteiger partial charge is 0.100 e. The van der Waals surface area contributed by atoms with E-state index in [9.17, 15) is 10.2 Å². The molecule has 10 heavy (non-hydrogen) atoms. The summed E-state index contributed by atoms with van der Waals surface area (Å²) >= 11 is 0. The molecule has 3 saturated carbocycles. The van der Waals surface area contributed by atoms with E-state index >= 15 is 0 Å². The van der Waals surface area contributed by atoms with Crippen molar-refractivity contribution in [3.05, 3.63) is 22.7 Å². The third-order valence-electron chi connectivity index (χ3n) is 2.97. The van der Waals surface area contributed by atoms with Gasteiger partial charge in [0.15, 0.2) is 0 Å². The highest BCUT2D eigenvalue weighted by molar-refractivity contribution is 5.56. The molecule has 52 valence electrons. The second kappa shape index (κ2) is 1.11. The highest BCUT2D eigenvalue weighted by atomic mass is 16.3. The first-order valence-corrected chi connectivity index (χ1v) is 3.63. The van der Waals surface area contributed by atoms with Crippen LogP contribution < -0.4 is 0 Å². The zero-order valence-corrected chi connectivity index (χ0v) is 5.46. The van der Waals surface area contributed by atoms with Crippen LogP contribution in [0.3, 0.4) is 0 Å². The normalized spacial score (nSPS) is 41.2. The predicted molar refractivity (Wildman–Crippen MR) is 35.5 cm³/mol. The molecule has 2 nitrogen and oxygen atoms in total. The van der Waals surface area contributed by atoms with Gasteiger partial charge in [-0.05, 0) is 17.6 Å². The summed E-state index contributed by atoms with van der Waals surface area (Å²) < 4.78 is 0. The van der Waals surface area contributed by atoms with E-state index in [1.807, 2.05) is 0 Å². The van der Waals surface area contributed by atoms with Crippen molar-refractivity contribution in [1.82, 2.24) is 0 Å². The van der Waals surface area contributed by atoms with Crippen molar-refractivity contribution in [2.24, 2.45) is 11.8 Å². The van der Waals surface area contributed by atoms with Crippen LogP contribution in [0.5, 0.6) is 0 Å². The Morgan fingerprint density at radius 1 is 1.00 bits per heavy atom. The van der Waals surface area contributed by atoms with Gasteiger partial charge in [0.1, 0.15) is 11.5 Å². The second-order valence-electron chi connectivity index (χ2n) is 3.32. The van der Waals surface area contributed by atoms with E-state index in [2.05, 4.69) is 0 Å². The quantitative estimate of drug-likeness (QED) is 0.531. The molecule has 0 aliphatic heterocycles. The van der Waals surface area contributed by atoms with Gasteiger partial charge in [0.25, 0.3) is 0 Å². The molecule has 0 atom stereocenters. The summed E-state index contributed by atoms with van der Waals surface area (Å²) in [6.45, 7) is 0. The third kappa shape index (κ3) is 0.271. The zero-order chi connectivity index (χ0) is 6.88. The van der Waals surface area contributed by atoms with Crippen LogP contribution in [0.4, 0.5) is 0 Å². The van der Waals surface area contributed by atoms with Crippen LogP contribution in [0.25, 0.3) is 0 Å². The zero-order valence-electron chi connectivity index (χ0n) is 5.46. The molecule has 0 aromatic carbocycles. The fourth-order valence-corrected chi connectivity index (χ4v) is 2.31. The van der Waals surface area contributed by atoms with Crippen LogP contribution in [0.2, 0.25) is 0 Å². The van der Waals surface area contributed by atoms with Crippen molar-refractivity contribution in [3.8, 4) is 0 Å². The molecular weight excluding hydrogens is 128 g/mol. The summed E-state index contributed by atoms with van der Waals surface area (Å²) in [6.07, 6.45) is 1.57. The Morgan fingerprint density at radius 3 is 1.80 bits per heavy atom. The van der Waals surface area contributed by atoms with Crippen LogP contribution in [-0.2, 0) is 0 Å². The summed E-state index contributed by atoms with van der Waals surface area (Å²) in [6, 6.07) is 0. The average molecular weight is 136 g/mol. The fourth-order valence-electron chi connectivity index (χ4n) is 2.31. The molecule has 4 bridgehead atoms. The van der Waals surface area contributed by atoms with Crippen LogP contribution in [0.1, 0.15) is 12.8 Å². The summed E-state index contributed by atoms with van der Waals surface area (Å²) in [7, 11) is 0. The van der Waals surface area contributed by atoms with Gasteiger partial charge in [-0.25, -0.2) is 0 Å². The topological polar surface area (TPSA) is 40.5 Å². The molecule has 0 amide bonds. The summed E-state index contributed by atoms with van der Waals surface area (Å²) in [5, 5.41) is 18.5. The lowest BCUT2D eigenvalue weighted by Gasteiger charge is -2.58. The van der Waals surface area contributed by atoms with Gasteiger partial charge in [0.05, 0.1) is 6.42 Å². The Balaban J connectivity index is 2.17. The van der Waals surface area contributed by atoms with E-state index in [1.165, 1.54) is 17.6 Å². The SMILES string of the molecule is OC1=C2C3CC2C3=C(O)C1. The van der Waals surface area contributed by atoms with Gasteiger partial charge in [0.2, 0.25) is 0 Å². The Morgan fingerprint density at radius 2 is 1.50 bits per heavy atom. The van der Waals surface area contributed by atoms with Gasteiger partial charge >= 0.3 is 0 Å². The minimum absolute atomic E-state index is 0.400. The van der Waals surface area contributed by atoms with Crippen molar-refractivity contribution in [2.75, 3.05) is 0 Å².